The average Bonchev–Trinajstić information content (AvgIpc) is 2.29. The second-order valence-electron chi connectivity index (χ2n) is 2.04. The maximum absolute atomic E-state index is 10.8. The summed E-state index contributed by atoms with van der Waals surface area (Å²) in [6, 6.07) is 1.53. The van der Waals surface area contributed by atoms with E-state index in [1.165, 1.54) is 6.07 Å². The first-order valence-corrected chi connectivity index (χ1v) is 4.96. The van der Waals surface area contributed by atoms with E-state index in [0.717, 1.165) is 14.2 Å². The van der Waals surface area contributed by atoms with Crippen molar-refractivity contribution in [3.05, 3.63) is 14.5 Å². The Hall–Kier alpha value is -0.830. The second-order valence-corrected chi connectivity index (χ2v) is 4.95. The molecule has 0 aliphatic heterocycles. The normalized spacial score (nSPS) is 9.62. The zero-order valence-corrected chi connectivity index (χ0v) is 9.22. The van der Waals surface area contributed by atoms with Crippen LogP contribution >= 0.6 is 33.9 Å². The minimum Gasteiger partial charge on any atom is -0.398 e. The predicted molar refractivity (Wildman–Crippen MR) is 55.8 cm³/mol. The van der Waals surface area contributed by atoms with Gasteiger partial charge >= 0.3 is 6.09 Å². The lowest BCUT2D eigenvalue weighted by atomic mass is 10.3. The molecule has 5 nitrogen and oxygen atoms in total. The molecule has 70 valence electrons. The Morgan fingerprint density at radius 1 is 1.46 bits per heavy atom. The summed E-state index contributed by atoms with van der Waals surface area (Å²) in [5.41, 5.74) is 10.0. The average molecular weight is 312 g/mol. The fraction of sp³-hybridized carbons (Fsp3) is 0. The largest absolute Gasteiger partial charge is 0.410 e. The fourth-order valence-corrected chi connectivity index (χ4v) is 2.34. The number of hydrogen-bond donors (Lipinski definition) is 2. The van der Waals surface area contributed by atoms with Crippen LogP contribution < -0.4 is 16.2 Å². The third-order valence-electron chi connectivity index (χ3n) is 1.13. The number of hydrogen-bond acceptors (Lipinski definition) is 4. The van der Waals surface area contributed by atoms with Crippen molar-refractivity contribution in [2.24, 2.45) is 11.5 Å². The van der Waals surface area contributed by atoms with Gasteiger partial charge in [0.2, 0.25) is 0 Å². The van der Waals surface area contributed by atoms with Gasteiger partial charge in [-0.1, -0.05) is 11.3 Å². The van der Waals surface area contributed by atoms with Crippen LogP contribution in [0.3, 0.4) is 0 Å². The van der Waals surface area contributed by atoms with Gasteiger partial charge in [-0.15, -0.1) is 0 Å². The van der Waals surface area contributed by atoms with Crippen LogP contribution in [-0.2, 0) is 0 Å². The van der Waals surface area contributed by atoms with E-state index in [9.17, 15) is 9.59 Å². The highest BCUT2D eigenvalue weighted by molar-refractivity contribution is 14.1. The third-order valence-corrected chi connectivity index (χ3v) is 2.90. The van der Waals surface area contributed by atoms with Gasteiger partial charge in [0.25, 0.3) is 5.91 Å². The van der Waals surface area contributed by atoms with E-state index in [-0.39, 0.29) is 10.6 Å². The van der Waals surface area contributed by atoms with Gasteiger partial charge in [-0.05, 0) is 28.7 Å². The molecule has 7 heteroatoms. The summed E-state index contributed by atoms with van der Waals surface area (Å²) in [5, 5.41) is 0.143. The minimum atomic E-state index is -0.958. The molecule has 0 aliphatic rings. The highest BCUT2D eigenvalue weighted by Gasteiger charge is 2.15. The number of nitrogens with two attached hydrogens (primary N) is 2. The summed E-state index contributed by atoms with van der Waals surface area (Å²) in [6.07, 6.45) is -0.958. The number of carbonyl (C=O) groups excluding carboxylic acids is 2. The molecule has 2 amide bonds. The first-order valence-electron chi connectivity index (χ1n) is 3.07. The molecule has 4 N–H and O–H groups in total. The van der Waals surface area contributed by atoms with Crippen molar-refractivity contribution < 1.29 is 14.3 Å². The lowest BCUT2D eigenvalue weighted by molar-refractivity contribution is 0.0999. The number of primary amides is 2. The van der Waals surface area contributed by atoms with Crippen LogP contribution in [0.15, 0.2) is 6.07 Å². The summed E-state index contributed by atoms with van der Waals surface area (Å²) in [6.45, 7) is 0. The van der Waals surface area contributed by atoms with E-state index in [2.05, 4.69) is 4.74 Å². The van der Waals surface area contributed by atoms with Crippen LogP contribution in [0, 0.1) is 2.88 Å². The molecular weight excluding hydrogens is 307 g/mol. The lowest BCUT2D eigenvalue weighted by Gasteiger charge is -1.97. The van der Waals surface area contributed by atoms with Crippen LogP contribution in [0.1, 0.15) is 10.4 Å². The van der Waals surface area contributed by atoms with E-state index in [1.807, 2.05) is 22.6 Å². The SMILES string of the molecule is NC(=O)Oc1sc(I)cc1C(N)=O. The van der Waals surface area contributed by atoms with Crippen molar-refractivity contribution in [1.29, 1.82) is 0 Å². The van der Waals surface area contributed by atoms with E-state index in [0.29, 0.717) is 0 Å². The summed E-state index contributed by atoms with van der Waals surface area (Å²) in [4.78, 5) is 21.2. The van der Waals surface area contributed by atoms with Gasteiger partial charge in [0.1, 0.15) is 0 Å². The van der Waals surface area contributed by atoms with Crippen LogP contribution in [0.5, 0.6) is 5.06 Å². The molecule has 0 atom stereocenters. The number of carbonyl (C=O) groups is 2. The number of ether oxygens (including phenoxy) is 1. The Morgan fingerprint density at radius 2 is 2.08 bits per heavy atom. The van der Waals surface area contributed by atoms with Gasteiger partial charge in [-0.25, -0.2) is 4.79 Å². The Labute approximate surface area is 91.2 Å². The molecule has 0 bridgehead atoms. The first-order chi connectivity index (χ1) is 6.00. The molecule has 1 aromatic heterocycles. The smallest absolute Gasteiger partial charge is 0.398 e. The molecule has 1 rings (SSSR count). The maximum Gasteiger partial charge on any atom is 0.410 e. The number of rotatable bonds is 2. The Bertz CT molecular complexity index is 363. The molecule has 1 heterocycles. The summed E-state index contributed by atoms with van der Waals surface area (Å²) >= 11 is 3.12. The van der Waals surface area contributed by atoms with Crippen LogP contribution in [0.2, 0.25) is 0 Å². The quantitative estimate of drug-likeness (QED) is 0.795. The topological polar surface area (TPSA) is 95.4 Å². The van der Waals surface area contributed by atoms with E-state index in [4.69, 9.17) is 11.5 Å². The van der Waals surface area contributed by atoms with Crippen LogP contribution in [0.4, 0.5) is 4.79 Å². The Balaban J connectivity index is 3.04. The number of thiophene rings is 1. The molecule has 0 fully saturated rings. The molecule has 0 spiro atoms. The first kappa shape index (κ1) is 10.3. The zero-order chi connectivity index (χ0) is 10.0. The standard InChI is InChI=1S/C6H5IN2O3S/c7-3-1-2(4(8)10)5(13-3)12-6(9)11/h1H,(H2,8,10)(H2,9,11). The second kappa shape index (κ2) is 3.92. The summed E-state index contributed by atoms with van der Waals surface area (Å²) < 4.78 is 5.37. The van der Waals surface area contributed by atoms with Gasteiger partial charge in [-0.3, -0.25) is 4.79 Å². The highest BCUT2D eigenvalue weighted by Crippen LogP contribution is 2.31. The summed E-state index contributed by atoms with van der Waals surface area (Å²) in [7, 11) is 0. The van der Waals surface area contributed by atoms with Gasteiger partial charge in [-0.2, -0.15) is 0 Å². The lowest BCUT2D eigenvalue weighted by Crippen LogP contribution is -2.18. The molecule has 0 aromatic carbocycles. The van der Waals surface area contributed by atoms with Gasteiger partial charge in [0.05, 0.1) is 8.45 Å². The van der Waals surface area contributed by atoms with E-state index < -0.39 is 12.0 Å². The van der Waals surface area contributed by atoms with Gasteiger partial charge in [0, 0.05) is 0 Å². The number of halogens is 1. The Kier molecular flexibility index (Phi) is 3.09. The fourth-order valence-electron chi connectivity index (χ4n) is 0.684. The molecule has 0 unspecified atom stereocenters. The van der Waals surface area contributed by atoms with Crippen molar-refractivity contribution in [3.8, 4) is 5.06 Å². The van der Waals surface area contributed by atoms with E-state index >= 15 is 0 Å². The monoisotopic (exact) mass is 312 g/mol. The van der Waals surface area contributed by atoms with Crippen molar-refractivity contribution in [2.75, 3.05) is 0 Å². The molecular formula is C6H5IN2O3S. The third kappa shape index (κ3) is 2.56. The van der Waals surface area contributed by atoms with E-state index in [1.54, 1.807) is 0 Å². The maximum atomic E-state index is 10.8. The van der Waals surface area contributed by atoms with Gasteiger partial charge in [0.15, 0.2) is 5.06 Å². The van der Waals surface area contributed by atoms with Gasteiger partial charge < -0.3 is 16.2 Å². The predicted octanol–water partition coefficient (Wildman–Crippen LogP) is 0.909. The molecule has 1 aromatic rings. The number of amides is 2. The molecule has 0 saturated heterocycles. The molecule has 13 heavy (non-hydrogen) atoms. The Morgan fingerprint density at radius 3 is 2.54 bits per heavy atom. The van der Waals surface area contributed by atoms with Crippen molar-refractivity contribution in [1.82, 2.24) is 0 Å². The van der Waals surface area contributed by atoms with Crippen molar-refractivity contribution in [2.45, 2.75) is 0 Å². The highest BCUT2D eigenvalue weighted by atomic mass is 127. The molecule has 0 radical (unpaired) electrons. The summed E-state index contributed by atoms with van der Waals surface area (Å²) in [5.74, 6) is -0.643. The van der Waals surface area contributed by atoms with Crippen LogP contribution in [0.25, 0.3) is 0 Å². The molecule has 0 saturated carbocycles. The van der Waals surface area contributed by atoms with Crippen LogP contribution in [-0.4, -0.2) is 12.0 Å². The van der Waals surface area contributed by atoms with Crippen molar-refractivity contribution in [3.63, 3.8) is 0 Å². The minimum absolute atomic E-state index is 0.143. The zero-order valence-electron chi connectivity index (χ0n) is 6.24. The van der Waals surface area contributed by atoms with Crippen molar-refractivity contribution >= 4 is 45.9 Å². The molecule has 0 aliphatic carbocycles.